The molecule has 3 N–H and O–H groups in total. The number of hydrogen-bond acceptors (Lipinski definition) is 3. The van der Waals surface area contributed by atoms with Gasteiger partial charge in [-0.25, -0.2) is 0 Å². The summed E-state index contributed by atoms with van der Waals surface area (Å²) in [7, 11) is 1.57. The molecule has 0 spiro atoms. The average molecular weight is 222 g/mol. The van der Waals surface area contributed by atoms with E-state index in [9.17, 15) is 4.79 Å². The fourth-order valence-electron chi connectivity index (χ4n) is 1.19. The third-order valence-electron chi connectivity index (χ3n) is 2.19. The molecule has 1 aromatic carbocycles. The van der Waals surface area contributed by atoms with E-state index >= 15 is 0 Å². The van der Waals surface area contributed by atoms with Crippen LogP contribution < -0.4 is 15.8 Å². The molecule has 0 aliphatic carbocycles. The molecular weight excluding hydrogens is 204 g/mol. The summed E-state index contributed by atoms with van der Waals surface area (Å²) in [5.41, 5.74) is 6.50. The minimum absolute atomic E-state index is 0.241. The molecule has 1 amide bonds. The van der Waals surface area contributed by atoms with Gasteiger partial charge in [0.1, 0.15) is 5.75 Å². The minimum Gasteiger partial charge on any atom is -0.495 e. The Balaban J connectivity index is 2.93. The molecule has 16 heavy (non-hydrogen) atoms. The molecule has 0 fully saturated rings. The number of benzene rings is 1. The highest BCUT2D eigenvalue weighted by molar-refractivity contribution is 5.98. The largest absolute Gasteiger partial charge is 0.495 e. The van der Waals surface area contributed by atoms with Gasteiger partial charge in [-0.2, -0.15) is 0 Å². The van der Waals surface area contributed by atoms with Crippen LogP contribution in [0.2, 0.25) is 0 Å². The van der Waals surface area contributed by atoms with Crippen LogP contribution in [0.15, 0.2) is 18.2 Å². The van der Waals surface area contributed by atoms with Crippen molar-refractivity contribution in [1.82, 2.24) is 0 Å². The maximum atomic E-state index is 11.7. The van der Waals surface area contributed by atoms with Crippen molar-refractivity contribution in [2.75, 3.05) is 12.4 Å². The maximum Gasteiger partial charge on any atom is 0.243 e. The first-order chi connectivity index (χ1) is 7.34. The van der Waals surface area contributed by atoms with E-state index in [1.165, 1.54) is 0 Å². The molecule has 0 saturated heterocycles. The van der Waals surface area contributed by atoms with Gasteiger partial charge >= 0.3 is 0 Å². The van der Waals surface area contributed by atoms with E-state index in [4.69, 9.17) is 10.5 Å². The number of rotatable bonds is 3. The third-order valence-corrected chi connectivity index (χ3v) is 2.19. The second-order valence-corrected chi connectivity index (χ2v) is 4.38. The van der Waals surface area contributed by atoms with E-state index in [0.29, 0.717) is 11.4 Å². The molecule has 4 nitrogen and oxygen atoms in total. The molecule has 0 aromatic heterocycles. The maximum absolute atomic E-state index is 11.7. The Hall–Kier alpha value is -1.55. The Labute approximate surface area is 95.8 Å². The highest BCUT2D eigenvalue weighted by atomic mass is 16.5. The molecule has 0 aliphatic rings. The van der Waals surface area contributed by atoms with Gasteiger partial charge in [-0.15, -0.1) is 0 Å². The molecule has 1 aromatic rings. The summed E-state index contributed by atoms with van der Waals surface area (Å²) in [4.78, 5) is 11.7. The number of carbonyl (C=O) groups excluding carboxylic acids is 1. The van der Waals surface area contributed by atoms with E-state index in [1.807, 2.05) is 19.1 Å². The van der Waals surface area contributed by atoms with Crippen LogP contribution in [0.3, 0.4) is 0 Å². The summed E-state index contributed by atoms with van der Waals surface area (Å²) in [6.07, 6.45) is 0. The van der Waals surface area contributed by atoms with E-state index in [2.05, 4.69) is 5.32 Å². The number of hydrogen-bond donors (Lipinski definition) is 2. The van der Waals surface area contributed by atoms with Crippen LogP contribution in [0.25, 0.3) is 0 Å². The molecule has 88 valence electrons. The Morgan fingerprint density at radius 3 is 2.56 bits per heavy atom. The zero-order chi connectivity index (χ0) is 12.3. The zero-order valence-electron chi connectivity index (χ0n) is 10.1. The molecule has 0 unspecified atom stereocenters. The van der Waals surface area contributed by atoms with Crippen molar-refractivity contribution in [2.45, 2.75) is 26.3 Å². The zero-order valence-corrected chi connectivity index (χ0v) is 10.1. The first-order valence-corrected chi connectivity index (χ1v) is 5.09. The van der Waals surface area contributed by atoms with Crippen LogP contribution in [0.4, 0.5) is 5.69 Å². The topological polar surface area (TPSA) is 64.3 Å². The number of carbonyl (C=O) groups is 1. The Kier molecular flexibility index (Phi) is 3.55. The van der Waals surface area contributed by atoms with Gasteiger partial charge in [-0.05, 0) is 38.5 Å². The lowest BCUT2D eigenvalue weighted by Gasteiger charge is -2.19. The summed E-state index contributed by atoms with van der Waals surface area (Å²) in [6, 6.07) is 5.57. The second kappa shape index (κ2) is 4.53. The summed E-state index contributed by atoms with van der Waals surface area (Å²) in [5, 5.41) is 2.74. The predicted molar refractivity (Wildman–Crippen MR) is 64.6 cm³/mol. The number of anilines is 1. The molecule has 0 bridgehead atoms. The van der Waals surface area contributed by atoms with Crippen molar-refractivity contribution < 1.29 is 9.53 Å². The number of methoxy groups -OCH3 is 1. The Morgan fingerprint density at radius 2 is 2.06 bits per heavy atom. The lowest BCUT2D eigenvalue weighted by Crippen LogP contribution is -2.45. The van der Waals surface area contributed by atoms with Crippen LogP contribution in [0.1, 0.15) is 19.4 Å². The van der Waals surface area contributed by atoms with Gasteiger partial charge in [-0.3, -0.25) is 4.79 Å². The first-order valence-electron chi connectivity index (χ1n) is 5.09. The van der Waals surface area contributed by atoms with E-state index in [0.717, 1.165) is 5.56 Å². The van der Waals surface area contributed by atoms with Crippen LogP contribution in [-0.4, -0.2) is 18.6 Å². The minimum atomic E-state index is -0.907. The molecule has 0 saturated carbocycles. The number of ether oxygens (including phenoxy) is 1. The third kappa shape index (κ3) is 2.97. The van der Waals surface area contributed by atoms with Gasteiger partial charge < -0.3 is 15.8 Å². The number of amides is 1. The van der Waals surface area contributed by atoms with Gasteiger partial charge in [0.2, 0.25) is 5.91 Å². The Morgan fingerprint density at radius 1 is 1.44 bits per heavy atom. The summed E-state index contributed by atoms with van der Waals surface area (Å²) < 4.78 is 5.18. The van der Waals surface area contributed by atoms with Crippen molar-refractivity contribution in [3.63, 3.8) is 0 Å². The monoisotopic (exact) mass is 222 g/mol. The average Bonchev–Trinajstić information content (AvgIpc) is 2.19. The molecule has 0 radical (unpaired) electrons. The highest BCUT2D eigenvalue weighted by Crippen LogP contribution is 2.25. The predicted octanol–water partition coefficient (Wildman–Crippen LogP) is 1.68. The number of nitrogens with one attached hydrogen (secondary N) is 1. The van der Waals surface area contributed by atoms with Crippen molar-refractivity contribution in [1.29, 1.82) is 0 Å². The lowest BCUT2D eigenvalue weighted by molar-refractivity contribution is -0.120. The van der Waals surface area contributed by atoms with Crippen LogP contribution in [0.5, 0.6) is 5.75 Å². The van der Waals surface area contributed by atoms with Gasteiger partial charge in [0.05, 0.1) is 18.3 Å². The van der Waals surface area contributed by atoms with Crippen LogP contribution >= 0.6 is 0 Å². The smallest absolute Gasteiger partial charge is 0.243 e. The van der Waals surface area contributed by atoms with E-state index in [-0.39, 0.29) is 5.91 Å². The molecule has 0 aliphatic heterocycles. The molecule has 0 heterocycles. The number of nitrogens with two attached hydrogens (primary N) is 1. The van der Waals surface area contributed by atoms with E-state index in [1.54, 1.807) is 27.0 Å². The fourth-order valence-corrected chi connectivity index (χ4v) is 1.19. The molecule has 4 heteroatoms. The van der Waals surface area contributed by atoms with Crippen molar-refractivity contribution in [3.8, 4) is 5.75 Å². The summed E-state index contributed by atoms with van der Waals surface area (Å²) in [5.74, 6) is 0.396. The highest BCUT2D eigenvalue weighted by Gasteiger charge is 2.22. The molecule has 0 atom stereocenters. The second-order valence-electron chi connectivity index (χ2n) is 4.38. The van der Waals surface area contributed by atoms with Crippen LogP contribution in [0, 0.1) is 6.92 Å². The number of aryl methyl sites for hydroxylation is 1. The molecular formula is C12H18N2O2. The van der Waals surface area contributed by atoms with E-state index < -0.39 is 5.54 Å². The SMILES string of the molecule is COc1cc(C)ccc1NC(=O)C(C)(C)N. The van der Waals surface area contributed by atoms with Crippen molar-refractivity contribution in [3.05, 3.63) is 23.8 Å². The fraction of sp³-hybridized carbons (Fsp3) is 0.417. The van der Waals surface area contributed by atoms with Crippen molar-refractivity contribution in [2.24, 2.45) is 5.73 Å². The first kappa shape index (κ1) is 12.5. The Bertz CT molecular complexity index is 394. The normalized spacial score (nSPS) is 11.1. The van der Waals surface area contributed by atoms with Gasteiger partial charge in [-0.1, -0.05) is 6.07 Å². The van der Waals surface area contributed by atoms with Gasteiger partial charge in [0.25, 0.3) is 0 Å². The standard InChI is InChI=1S/C12H18N2O2/c1-8-5-6-9(10(7-8)16-4)14-11(15)12(2,3)13/h5-7H,13H2,1-4H3,(H,14,15). The quantitative estimate of drug-likeness (QED) is 0.817. The van der Waals surface area contributed by atoms with Gasteiger partial charge in [0, 0.05) is 0 Å². The summed E-state index contributed by atoms with van der Waals surface area (Å²) >= 11 is 0. The molecule has 1 rings (SSSR count). The summed E-state index contributed by atoms with van der Waals surface area (Å²) in [6.45, 7) is 5.27. The van der Waals surface area contributed by atoms with Crippen molar-refractivity contribution >= 4 is 11.6 Å². The van der Waals surface area contributed by atoms with Crippen LogP contribution in [-0.2, 0) is 4.79 Å². The van der Waals surface area contributed by atoms with Gasteiger partial charge in [0.15, 0.2) is 0 Å². The lowest BCUT2D eigenvalue weighted by atomic mass is 10.1.